The first kappa shape index (κ1) is 14.3. The molecular weight excluding hydrogens is 294 g/mol. The van der Waals surface area contributed by atoms with Crippen molar-refractivity contribution < 1.29 is 4.79 Å². The topological polar surface area (TPSA) is 30.0 Å². The van der Waals surface area contributed by atoms with Gasteiger partial charge in [-0.25, -0.2) is 4.98 Å². The van der Waals surface area contributed by atoms with Crippen molar-refractivity contribution in [2.75, 3.05) is 0 Å². The van der Waals surface area contributed by atoms with Crippen LogP contribution in [0.15, 0.2) is 84.9 Å². The normalized spacial score (nSPS) is 11.3. The van der Waals surface area contributed by atoms with Crippen molar-refractivity contribution in [1.82, 2.24) is 4.98 Å². The van der Waals surface area contributed by atoms with Crippen LogP contribution in [-0.4, -0.2) is 10.8 Å². The zero-order valence-corrected chi connectivity index (χ0v) is 13.0. The number of pyridine rings is 1. The molecule has 0 aliphatic carbocycles. The minimum atomic E-state index is -0.00588. The molecular formula is C22H15NO. The molecule has 0 saturated heterocycles. The number of carbonyl (C=O) groups is 1. The fourth-order valence-electron chi connectivity index (χ4n) is 2.92. The number of allylic oxidation sites excluding steroid dienone is 1. The van der Waals surface area contributed by atoms with E-state index in [1.807, 2.05) is 84.9 Å². The molecule has 114 valence electrons. The first-order valence-corrected chi connectivity index (χ1v) is 7.88. The third-order valence-corrected chi connectivity index (χ3v) is 4.06. The third-order valence-electron chi connectivity index (χ3n) is 4.06. The minimum Gasteiger partial charge on any atom is -0.289 e. The van der Waals surface area contributed by atoms with Crippen molar-refractivity contribution in [3.63, 3.8) is 0 Å². The lowest BCUT2D eigenvalue weighted by atomic mass is 9.98. The molecule has 1 heterocycles. The number of aromatic nitrogens is 1. The van der Waals surface area contributed by atoms with Crippen LogP contribution in [0.3, 0.4) is 0 Å². The summed E-state index contributed by atoms with van der Waals surface area (Å²) >= 11 is 0. The van der Waals surface area contributed by atoms with Gasteiger partial charge < -0.3 is 0 Å². The summed E-state index contributed by atoms with van der Waals surface area (Å²) in [4.78, 5) is 17.6. The van der Waals surface area contributed by atoms with Crippen LogP contribution in [0, 0.1) is 0 Å². The number of rotatable bonds is 3. The van der Waals surface area contributed by atoms with Crippen molar-refractivity contribution in [1.29, 1.82) is 0 Å². The first-order valence-electron chi connectivity index (χ1n) is 7.88. The largest absolute Gasteiger partial charge is 0.289 e. The molecule has 0 atom stereocenters. The maximum atomic E-state index is 12.9. The van der Waals surface area contributed by atoms with Crippen LogP contribution in [-0.2, 0) is 0 Å². The lowest BCUT2D eigenvalue weighted by molar-refractivity contribution is 0.105. The predicted octanol–water partition coefficient (Wildman–Crippen LogP) is 5.28. The first-order chi connectivity index (χ1) is 11.8. The van der Waals surface area contributed by atoms with E-state index in [-0.39, 0.29) is 5.78 Å². The van der Waals surface area contributed by atoms with E-state index in [4.69, 9.17) is 0 Å². The fraction of sp³-hybridized carbons (Fsp3) is 0. The van der Waals surface area contributed by atoms with Crippen LogP contribution in [0.5, 0.6) is 0 Å². The van der Waals surface area contributed by atoms with Gasteiger partial charge in [-0.05, 0) is 23.8 Å². The molecule has 4 aromatic rings. The second-order valence-electron chi connectivity index (χ2n) is 5.63. The van der Waals surface area contributed by atoms with Gasteiger partial charge in [-0.15, -0.1) is 0 Å². The highest BCUT2D eigenvalue weighted by Gasteiger charge is 2.13. The summed E-state index contributed by atoms with van der Waals surface area (Å²) in [5, 5.41) is 1.78. The molecule has 0 amide bonds. The van der Waals surface area contributed by atoms with Crippen LogP contribution in [0.4, 0.5) is 0 Å². The van der Waals surface area contributed by atoms with Gasteiger partial charge in [-0.1, -0.05) is 72.8 Å². The number of carbonyl (C=O) groups excluding carboxylic acids is 1. The molecule has 2 heteroatoms. The summed E-state index contributed by atoms with van der Waals surface area (Å²) in [6, 6.07) is 25.4. The molecule has 2 nitrogen and oxygen atoms in total. The Labute approximate surface area is 140 Å². The smallest absolute Gasteiger partial charge is 0.187 e. The molecule has 3 aromatic carbocycles. The Balaban J connectivity index is 1.90. The highest BCUT2D eigenvalue weighted by molar-refractivity contribution is 6.21. The Morgan fingerprint density at radius 1 is 0.708 bits per heavy atom. The van der Waals surface area contributed by atoms with Crippen LogP contribution in [0.25, 0.3) is 27.9 Å². The van der Waals surface area contributed by atoms with Crippen molar-refractivity contribution in [2.24, 2.45) is 0 Å². The Bertz CT molecular complexity index is 1010. The van der Waals surface area contributed by atoms with E-state index >= 15 is 0 Å². The van der Waals surface area contributed by atoms with Gasteiger partial charge >= 0.3 is 0 Å². The van der Waals surface area contributed by atoms with Crippen molar-refractivity contribution >= 4 is 33.7 Å². The number of hydrogen-bond donors (Lipinski definition) is 0. The summed E-state index contributed by atoms with van der Waals surface area (Å²) in [7, 11) is 0. The number of nitrogens with zero attached hydrogens (tertiary/aromatic N) is 1. The predicted molar refractivity (Wildman–Crippen MR) is 99.1 cm³/mol. The molecule has 0 spiro atoms. The second-order valence-corrected chi connectivity index (χ2v) is 5.63. The zero-order valence-electron chi connectivity index (χ0n) is 13.0. The van der Waals surface area contributed by atoms with Crippen LogP contribution in [0.1, 0.15) is 15.9 Å². The molecule has 0 saturated carbocycles. The summed E-state index contributed by atoms with van der Waals surface area (Å²) < 4.78 is 0. The molecule has 0 unspecified atom stereocenters. The monoisotopic (exact) mass is 309 g/mol. The van der Waals surface area contributed by atoms with E-state index in [2.05, 4.69) is 4.98 Å². The summed E-state index contributed by atoms with van der Waals surface area (Å²) in [6.45, 7) is 0. The molecule has 24 heavy (non-hydrogen) atoms. The number of ketones is 1. The summed E-state index contributed by atoms with van der Waals surface area (Å²) in [5.41, 5.74) is 3.40. The van der Waals surface area contributed by atoms with E-state index in [0.717, 1.165) is 27.4 Å². The molecule has 0 bridgehead atoms. The fourth-order valence-corrected chi connectivity index (χ4v) is 2.92. The Morgan fingerprint density at radius 2 is 1.25 bits per heavy atom. The van der Waals surface area contributed by atoms with Gasteiger partial charge in [0, 0.05) is 16.3 Å². The third kappa shape index (κ3) is 2.59. The van der Waals surface area contributed by atoms with Crippen molar-refractivity contribution in [2.45, 2.75) is 0 Å². The molecule has 0 N–H and O–H groups in total. The van der Waals surface area contributed by atoms with Crippen LogP contribution >= 0.6 is 0 Å². The van der Waals surface area contributed by atoms with E-state index < -0.39 is 0 Å². The minimum absolute atomic E-state index is 0.00588. The Kier molecular flexibility index (Phi) is 3.64. The SMILES string of the molecule is O=C(C=Cc1ccccc1)c1c2ccccc2nc2ccccc12. The zero-order chi connectivity index (χ0) is 16.4. The van der Waals surface area contributed by atoms with E-state index in [0.29, 0.717) is 5.56 Å². The van der Waals surface area contributed by atoms with E-state index in [1.165, 1.54) is 0 Å². The molecule has 0 fully saturated rings. The average Bonchev–Trinajstić information content (AvgIpc) is 2.65. The lowest BCUT2D eigenvalue weighted by Crippen LogP contribution is -1.99. The van der Waals surface area contributed by atoms with Gasteiger partial charge in [-0.2, -0.15) is 0 Å². The number of fused-ring (bicyclic) bond motifs is 2. The highest BCUT2D eigenvalue weighted by atomic mass is 16.1. The van der Waals surface area contributed by atoms with Crippen LogP contribution in [0.2, 0.25) is 0 Å². The van der Waals surface area contributed by atoms with Gasteiger partial charge in [-0.3, -0.25) is 4.79 Å². The molecule has 1 aromatic heterocycles. The number of benzene rings is 3. The van der Waals surface area contributed by atoms with Crippen molar-refractivity contribution in [3.05, 3.63) is 96.1 Å². The summed E-state index contributed by atoms with van der Waals surface area (Å²) in [5.74, 6) is -0.00588. The maximum absolute atomic E-state index is 12.9. The van der Waals surface area contributed by atoms with Gasteiger partial charge in [0.25, 0.3) is 0 Å². The van der Waals surface area contributed by atoms with Crippen LogP contribution < -0.4 is 0 Å². The maximum Gasteiger partial charge on any atom is 0.187 e. The molecule has 0 aliphatic rings. The molecule has 0 radical (unpaired) electrons. The molecule has 4 rings (SSSR count). The second kappa shape index (κ2) is 6.09. The lowest BCUT2D eigenvalue weighted by Gasteiger charge is -2.08. The van der Waals surface area contributed by atoms with Crippen molar-refractivity contribution in [3.8, 4) is 0 Å². The van der Waals surface area contributed by atoms with E-state index in [1.54, 1.807) is 6.08 Å². The standard InChI is InChI=1S/C22H15NO/c24-21(15-14-16-8-2-1-3-9-16)22-17-10-4-6-12-19(17)23-20-13-7-5-11-18(20)22/h1-15H. The number of hydrogen-bond acceptors (Lipinski definition) is 2. The summed E-state index contributed by atoms with van der Waals surface area (Å²) in [6.07, 6.45) is 3.50. The Morgan fingerprint density at radius 3 is 1.88 bits per heavy atom. The quantitative estimate of drug-likeness (QED) is 0.292. The Hall–Kier alpha value is -3.26. The van der Waals surface area contributed by atoms with E-state index in [9.17, 15) is 4.79 Å². The van der Waals surface area contributed by atoms with Gasteiger partial charge in [0.2, 0.25) is 0 Å². The molecule has 0 aliphatic heterocycles. The average molecular weight is 309 g/mol. The highest BCUT2D eigenvalue weighted by Crippen LogP contribution is 2.26. The van der Waals surface area contributed by atoms with Gasteiger partial charge in [0.15, 0.2) is 5.78 Å². The van der Waals surface area contributed by atoms with Gasteiger partial charge in [0.05, 0.1) is 11.0 Å². The number of para-hydroxylation sites is 2. The van der Waals surface area contributed by atoms with Gasteiger partial charge in [0.1, 0.15) is 0 Å².